The van der Waals surface area contributed by atoms with E-state index in [-0.39, 0.29) is 18.0 Å². The molecule has 0 saturated heterocycles. The van der Waals surface area contributed by atoms with Crippen molar-refractivity contribution in [3.8, 4) is 0 Å². The average molecular weight is 312 g/mol. The van der Waals surface area contributed by atoms with Gasteiger partial charge in [-0.2, -0.15) is 0 Å². The van der Waals surface area contributed by atoms with Crippen molar-refractivity contribution in [1.29, 1.82) is 0 Å². The van der Waals surface area contributed by atoms with Gasteiger partial charge in [-0.25, -0.2) is 8.78 Å². The van der Waals surface area contributed by atoms with E-state index in [4.69, 9.17) is 0 Å². The Hall–Kier alpha value is -1.98. The fourth-order valence-electron chi connectivity index (χ4n) is 2.02. The number of benzene rings is 1. The molecule has 0 aliphatic rings. The van der Waals surface area contributed by atoms with E-state index < -0.39 is 17.5 Å². The van der Waals surface area contributed by atoms with Crippen LogP contribution in [0.25, 0.3) is 0 Å². The van der Waals surface area contributed by atoms with Gasteiger partial charge in [-0.15, -0.1) is 0 Å². The standard InChI is InChI=1S/C16H22F2N2O2/c1-3-4-5-9-20(12(2)21)10-8-19-16(22)13-6-7-14(17)15(18)11-13/h6-7,11H,3-5,8-10H2,1-2H3,(H,19,22). The maximum Gasteiger partial charge on any atom is 0.251 e. The number of carbonyl (C=O) groups excluding carboxylic acids is 2. The number of carbonyl (C=O) groups is 2. The van der Waals surface area contributed by atoms with Crippen LogP contribution in [-0.4, -0.2) is 36.3 Å². The van der Waals surface area contributed by atoms with E-state index in [1.54, 1.807) is 4.90 Å². The monoisotopic (exact) mass is 312 g/mol. The normalized spacial score (nSPS) is 10.4. The quantitative estimate of drug-likeness (QED) is 0.750. The summed E-state index contributed by atoms with van der Waals surface area (Å²) in [6.45, 7) is 4.89. The topological polar surface area (TPSA) is 49.4 Å². The van der Waals surface area contributed by atoms with E-state index in [0.717, 1.165) is 31.4 Å². The molecule has 1 aromatic carbocycles. The predicted octanol–water partition coefficient (Wildman–Crippen LogP) is 2.73. The summed E-state index contributed by atoms with van der Waals surface area (Å²) in [5.41, 5.74) is 0.0549. The van der Waals surface area contributed by atoms with Crippen LogP contribution in [-0.2, 0) is 4.79 Å². The Bertz CT molecular complexity index is 521. The highest BCUT2D eigenvalue weighted by Crippen LogP contribution is 2.08. The molecule has 1 aromatic rings. The lowest BCUT2D eigenvalue weighted by Crippen LogP contribution is -2.38. The fourth-order valence-corrected chi connectivity index (χ4v) is 2.02. The van der Waals surface area contributed by atoms with E-state index >= 15 is 0 Å². The fraction of sp³-hybridized carbons (Fsp3) is 0.500. The summed E-state index contributed by atoms with van der Waals surface area (Å²) < 4.78 is 25.9. The van der Waals surface area contributed by atoms with Crippen molar-refractivity contribution in [3.63, 3.8) is 0 Å². The number of hydrogen-bond acceptors (Lipinski definition) is 2. The number of nitrogens with zero attached hydrogens (tertiary/aromatic N) is 1. The first-order valence-corrected chi connectivity index (χ1v) is 7.44. The van der Waals surface area contributed by atoms with E-state index in [1.165, 1.54) is 13.0 Å². The minimum absolute atomic E-state index is 0.0434. The molecule has 0 unspecified atom stereocenters. The van der Waals surface area contributed by atoms with E-state index in [2.05, 4.69) is 12.2 Å². The van der Waals surface area contributed by atoms with Crippen LogP contribution in [0.4, 0.5) is 8.78 Å². The molecule has 0 atom stereocenters. The largest absolute Gasteiger partial charge is 0.350 e. The maximum atomic E-state index is 13.1. The molecule has 1 N–H and O–H groups in total. The summed E-state index contributed by atoms with van der Waals surface area (Å²) in [6.07, 6.45) is 3.04. The molecule has 0 bridgehead atoms. The Morgan fingerprint density at radius 2 is 1.86 bits per heavy atom. The molecule has 122 valence electrons. The van der Waals surface area contributed by atoms with Crippen molar-refractivity contribution in [2.75, 3.05) is 19.6 Å². The smallest absolute Gasteiger partial charge is 0.251 e. The number of rotatable bonds is 8. The van der Waals surface area contributed by atoms with Crippen molar-refractivity contribution >= 4 is 11.8 Å². The SMILES string of the molecule is CCCCCN(CCNC(=O)c1ccc(F)c(F)c1)C(C)=O. The minimum atomic E-state index is -1.06. The molecule has 0 aromatic heterocycles. The first kappa shape index (κ1) is 18.1. The maximum absolute atomic E-state index is 13.1. The van der Waals surface area contributed by atoms with Crippen molar-refractivity contribution in [2.45, 2.75) is 33.1 Å². The average Bonchev–Trinajstić information content (AvgIpc) is 2.48. The minimum Gasteiger partial charge on any atom is -0.350 e. The molecular formula is C16H22F2N2O2. The van der Waals surface area contributed by atoms with Crippen molar-refractivity contribution in [2.24, 2.45) is 0 Å². The third kappa shape index (κ3) is 5.79. The van der Waals surface area contributed by atoms with Crippen LogP contribution in [0.2, 0.25) is 0 Å². The Morgan fingerprint density at radius 1 is 1.14 bits per heavy atom. The molecule has 4 nitrogen and oxygen atoms in total. The van der Waals surface area contributed by atoms with Crippen LogP contribution < -0.4 is 5.32 Å². The zero-order chi connectivity index (χ0) is 16.5. The molecule has 1 rings (SSSR count). The van der Waals surface area contributed by atoms with Crippen LogP contribution in [0.3, 0.4) is 0 Å². The molecule has 0 saturated carbocycles. The van der Waals surface area contributed by atoms with Crippen LogP contribution in [0.5, 0.6) is 0 Å². The zero-order valence-corrected chi connectivity index (χ0v) is 13.0. The Balaban J connectivity index is 2.45. The Morgan fingerprint density at radius 3 is 2.45 bits per heavy atom. The summed E-state index contributed by atoms with van der Waals surface area (Å²) in [5, 5.41) is 2.60. The molecule has 0 heterocycles. The van der Waals surface area contributed by atoms with E-state index in [1.807, 2.05) is 0 Å². The molecule has 0 spiro atoms. The lowest BCUT2D eigenvalue weighted by Gasteiger charge is -2.21. The van der Waals surface area contributed by atoms with Gasteiger partial charge in [0.15, 0.2) is 11.6 Å². The molecule has 22 heavy (non-hydrogen) atoms. The van der Waals surface area contributed by atoms with Gasteiger partial charge in [0.1, 0.15) is 0 Å². The van der Waals surface area contributed by atoms with Crippen molar-refractivity contribution in [1.82, 2.24) is 10.2 Å². The van der Waals surface area contributed by atoms with Gasteiger partial charge in [-0.05, 0) is 24.6 Å². The molecule has 0 fully saturated rings. The van der Waals surface area contributed by atoms with Crippen LogP contribution in [0.15, 0.2) is 18.2 Å². The number of unbranched alkanes of at least 4 members (excludes halogenated alkanes) is 2. The highest BCUT2D eigenvalue weighted by molar-refractivity contribution is 5.94. The van der Waals surface area contributed by atoms with E-state index in [9.17, 15) is 18.4 Å². The lowest BCUT2D eigenvalue weighted by molar-refractivity contribution is -0.128. The van der Waals surface area contributed by atoms with Crippen molar-refractivity contribution < 1.29 is 18.4 Å². The highest BCUT2D eigenvalue weighted by Gasteiger charge is 2.11. The molecule has 0 aliphatic carbocycles. The number of nitrogens with one attached hydrogen (secondary N) is 1. The van der Waals surface area contributed by atoms with Gasteiger partial charge in [0.2, 0.25) is 5.91 Å². The summed E-state index contributed by atoms with van der Waals surface area (Å²) in [4.78, 5) is 25.0. The second-order valence-electron chi connectivity index (χ2n) is 5.10. The second kappa shape index (κ2) is 9.12. The van der Waals surface area contributed by atoms with Crippen molar-refractivity contribution in [3.05, 3.63) is 35.4 Å². The number of halogens is 2. The zero-order valence-electron chi connectivity index (χ0n) is 13.0. The van der Waals surface area contributed by atoms with Gasteiger partial charge >= 0.3 is 0 Å². The molecule has 6 heteroatoms. The summed E-state index contributed by atoms with van der Waals surface area (Å²) in [6, 6.07) is 2.99. The highest BCUT2D eigenvalue weighted by atomic mass is 19.2. The third-order valence-corrected chi connectivity index (χ3v) is 3.33. The first-order chi connectivity index (χ1) is 10.5. The van der Waals surface area contributed by atoms with Gasteiger partial charge in [0.25, 0.3) is 5.91 Å². The molecular weight excluding hydrogens is 290 g/mol. The van der Waals surface area contributed by atoms with Crippen LogP contribution in [0.1, 0.15) is 43.5 Å². The molecule has 0 aliphatic heterocycles. The number of hydrogen-bond donors (Lipinski definition) is 1. The first-order valence-electron chi connectivity index (χ1n) is 7.44. The Labute approximate surface area is 129 Å². The molecule has 2 amide bonds. The van der Waals surface area contributed by atoms with Gasteiger partial charge in [-0.3, -0.25) is 9.59 Å². The lowest BCUT2D eigenvalue weighted by atomic mass is 10.2. The van der Waals surface area contributed by atoms with Gasteiger partial charge < -0.3 is 10.2 Å². The summed E-state index contributed by atoms with van der Waals surface area (Å²) in [5.74, 6) is -2.58. The van der Waals surface area contributed by atoms with Gasteiger partial charge in [0.05, 0.1) is 0 Å². The van der Waals surface area contributed by atoms with Crippen LogP contribution in [0, 0.1) is 11.6 Å². The second-order valence-corrected chi connectivity index (χ2v) is 5.10. The number of amides is 2. The Kier molecular flexibility index (Phi) is 7.49. The predicted molar refractivity (Wildman–Crippen MR) is 80.5 cm³/mol. The van der Waals surface area contributed by atoms with Crippen LogP contribution >= 0.6 is 0 Å². The third-order valence-electron chi connectivity index (χ3n) is 3.33. The summed E-state index contributed by atoms with van der Waals surface area (Å²) in [7, 11) is 0. The summed E-state index contributed by atoms with van der Waals surface area (Å²) >= 11 is 0. The van der Waals surface area contributed by atoms with E-state index in [0.29, 0.717) is 13.1 Å². The van der Waals surface area contributed by atoms with Gasteiger partial charge in [0, 0.05) is 32.1 Å². The van der Waals surface area contributed by atoms with Gasteiger partial charge in [-0.1, -0.05) is 19.8 Å². The molecule has 0 radical (unpaired) electrons.